The van der Waals surface area contributed by atoms with Crippen molar-refractivity contribution in [3.05, 3.63) is 0 Å². The van der Waals surface area contributed by atoms with Crippen LogP contribution >= 0.6 is 0 Å². The molecule has 0 aromatic rings. The predicted molar refractivity (Wildman–Crippen MR) is 60.5 cm³/mol. The van der Waals surface area contributed by atoms with Crippen molar-refractivity contribution in [2.24, 2.45) is 11.3 Å². The third-order valence-corrected chi connectivity index (χ3v) is 3.70. The Morgan fingerprint density at radius 2 is 2.21 bits per heavy atom. The molecule has 14 heavy (non-hydrogen) atoms. The Hall–Kier alpha value is -0.0800. The maximum absolute atomic E-state index is 5.57. The van der Waals surface area contributed by atoms with Gasteiger partial charge in [-0.1, -0.05) is 27.2 Å². The van der Waals surface area contributed by atoms with Crippen molar-refractivity contribution in [2.45, 2.75) is 40.0 Å². The summed E-state index contributed by atoms with van der Waals surface area (Å²) in [6.07, 6.45) is 3.72. The molecule has 1 aliphatic heterocycles. The summed E-state index contributed by atoms with van der Waals surface area (Å²) in [6, 6.07) is 0. The van der Waals surface area contributed by atoms with Gasteiger partial charge in [0.15, 0.2) is 0 Å². The van der Waals surface area contributed by atoms with Gasteiger partial charge >= 0.3 is 0 Å². The van der Waals surface area contributed by atoms with Crippen molar-refractivity contribution < 1.29 is 4.74 Å². The standard InChI is InChI=1S/C12H25NO/c1-4-7-13-9-12(11(3)5-2)6-8-14-10-12/h11,13H,4-10H2,1-3H3. The first-order chi connectivity index (χ1) is 6.75. The maximum atomic E-state index is 5.57. The summed E-state index contributed by atoms with van der Waals surface area (Å²) in [7, 11) is 0. The van der Waals surface area contributed by atoms with Crippen molar-refractivity contribution in [3.8, 4) is 0 Å². The van der Waals surface area contributed by atoms with E-state index in [-0.39, 0.29) is 0 Å². The molecule has 2 atom stereocenters. The lowest BCUT2D eigenvalue weighted by Gasteiger charge is -2.33. The Labute approximate surface area is 88.4 Å². The van der Waals surface area contributed by atoms with Crippen LogP contribution in [0, 0.1) is 11.3 Å². The summed E-state index contributed by atoms with van der Waals surface area (Å²) in [5.74, 6) is 0.773. The van der Waals surface area contributed by atoms with E-state index in [0.29, 0.717) is 5.41 Å². The van der Waals surface area contributed by atoms with Gasteiger partial charge in [0.1, 0.15) is 0 Å². The summed E-state index contributed by atoms with van der Waals surface area (Å²) in [4.78, 5) is 0. The highest BCUT2D eigenvalue weighted by Gasteiger charge is 2.38. The van der Waals surface area contributed by atoms with Gasteiger partial charge in [0, 0.05) is 18.6 Å². The van der Waals surface area contributed by atoms with Gasteiger partial charge in [0.05, 0.1) is 6.61 Å². The zero-order valence-corrected chi connectivity index (χ0v) is 9.94. The molecule has 1 N–H and O–H groups in total. The van der Waals surface area contributed by atoms with Crippen LogP contribution in [0.25, 0.3) is 0 Å². The van der Waals surface area contributed by atoms with Gasteiger partial charge in [-0.2, -0.15) is 0 Å². The lowest BCUT2D eigenvalue weighted by atomic mass is 9.74. The van der Waals surface area contributed by atoms with E-state index in [1.807, 2.05) is 0 Å². The smallest absolute Gasteiger partial charge is 0.0538 e. The van der Waals surface area contributed by atoms with Crippen LogP contribution in [-0.4, -0.2) is 26.3 Å². The highest BCUT2D eigenvalue weighted by molar-refractivity contribution is 4.89. The summed E-state index contributed by atoms with van der Waals surface area (Å²) in [5, 5.41) is 3.55. The summed E-state index contributed by atoms with van der Waals surface area (Å²) in [5.41, 5.74) is 0.421. The van der Waals surface area contributed by atoms with Gasteiger partial charge in [-0.05, 0) is 25.3 Å². The molecule has 0 aliphatic carbocycles. The second-order valence-corrected chi connectivity index (χ2v) is 4.65. The number of ether oxygens (including phenoxy) is 1. The maximum Gasteiger partial charge on any atom is 0.0538 e. The highest BCUT2D eigenvalue weighted by Crippen LogP contribution is 2.37. The molecule has 0 aromatic carbocycles. The quantitative estimate of drug-likeness (QED) is 0.663. The van der Waals surface area contributed by atoms with Crippen LogP contribution in [0.5, 0.6) is 0 Å². The largest absolute Gasteiger partial charge is 0.381 e. The number of hydrogen-bond acceptors (Lipinski definition) is 2. The molecule has 0 amide bonds. The Morgan fingerprint density at radius 1 is 1.43 bits per heavy atom. The van der Waals surface area contributed by atoms with E-state index in [4.69, 9.17) is 4.74 Å². The number of rotatable bonds is 6. The Balaban J connectivity index is 2.44. The van der Waals surface area contributed by atoms with Crippen LogP contribution in [0.4, 0.5) is 0 Å². The minimum atomic E-state index is 0.421. The lowest BCUT2D eigenvalue weighted by Crippen LogP contribution is -2.40. The second kappa shape index (κ2) is 5.72. The van der Waals surface area contributed by atoms with Crippen molar-refractivity contribution in [1.82, 2.24) is 5.32 Å². The van der Waals surface area contributed by atoms with E-state index < -0.39 is 0 Å². The van der Waals surface area contributed by atoms with Crippen molar-refractivity contribution in [3.63, 3.8) is 0 Å². The fourth-order valence-electron chi connectivity index (χ4n) is 2.27. The molecule has 0 saturated carbocycles. The van der Waals surface area contributed by atoms with Gasteiger partial charge < -0.3 is 10.1 Å². The van der Waals surface area contributed by atoms with E-state index in [9.17, 15) is 0 Å². The van der Waals surface area contributed by atoms with Crippen LogP contribution in [-0.2, 0) is 4.74 Å². The molecule has 2 nitrogen and oxygen atoms in total. The van der Waals surface area contributed by atoms with Crippen molar-refractivity contribution in [1.29, 1.82) is 0 Å². The SMILES string of the molecule is CCCNCC1(C(C)CC)CCOC1. The number of hydrogen-bond donors (Lipinski definition) is 1. The van der Waals surface area contributed by atoms with E-state index in [2.05, 4.69) is 26.1 Å². The van der Waals surface area contributed by atoms with Crippen LogP contribution in [0.15, 0.2) is 0 Å². The van der Waals surface area contributed by atoms with E-state index >= 15 is 0 Å². The second-order valence-electron chi connectivity index (χ2n) is 4.65. The molecule has 84 valence electrons. The van der Waals surface area contributed by atoms with Crippen LogP contribution in [0.2, 0.25) is 0 Å². The van der Waals surface area contributed by atoms with Crippen LogP contribution in [0.1, 0.15) is 40.0 Å². The van der Waals surface area contributed by atoms with Crippen molar-refractivity contribution in [2.75, 3.05) is 26.3 Å². The van der Waals surface area contributed by atoms with Gasteiger partial charge in [0.25, 0.3) is 0 Å². The molecule has 0 bridgehead atoms. The average molecular weight is 199 g/mol. The monoisotopic (exact) mass is 199 g/mol. The molecule has 1 aliphatic rings. The first-order valence-electron chi connectivity index (χ1n) is 6.03. The molecule has 2 heteroatoms. The molecule has 1 fully saturated rings. The summed E-state index contributed by atoms with van der Waals surface area (Å²) in [6.45, 7) is 11.0. The van der Waals surface area contributed by atoms with E-state index in [1.165, 1.54) is 19.3 Å². The third kappa shape index (κ3) is 2.71. The minimum absolute atomic E-state index is 0.421. The predicted octanol–water partition coefficient (Wildman–Crippen LogP) is 2.44. The molecule has 0 radical (unpaired) electrons. The zero-order chi connectivity index (χ0) is 10.4. The normalized spacial score (nSPS) is 29.4. The fraction of sp³-hybridized carbons (Fsp3) is 1.00. The molecule has 1 heterocycles. The van der Waals surface area contributed by atoms with Gasteiger partial charge in [0.2, 0.25) is 0 Å². The Morgan fingerprint density at radius 3 is 2.71 bits per heavy atom. The van der Waals surface area contributed by atoms with Crippen molar-refractivity contribution >= 4 is 0 Å². The molecule has 0 spiro atoms. The topological polar surface area (TPSA) is 21.3 Å². The molecule has 0 aromatic heterocycles. The van der Waals surface area contributed by atoms with Gasteiger partial charge in [-0.25, -0.2) is 0 Å². The van der Waals surface area contributed by atoms with Crippen LogP contribution < -0.4 is 5.32 Å². The van der Waals surface area contributed by atoms with Gasteiger partial charge in [-0.3, -0.25) is 0 Å². The first-order valence-corrected chi connectivity index (χ1v) is 6.03. The molecular weight excluding hydrogens is 174 g/mol. The number of nitrogens with one attached hydrogen (secondary N) is 1. The van der Waals surface area contributed by atoms with E-state index in [0.717, 1.165) is 32.2 Å². The Bertz CT molecular complexity index is 152. The molecule has 1 rings (SSSR count). The molecule has 2 unspecified atom stereocenters. The van der Waals surface area contributed by atoms with E-state index in [1.54, 1.807) is 0 Å². The zero-order valence-electron chi connectivity index (χ0n) is 9.94. The summed E-state index contributed by atoms with van der Waals surface area (Å²) < 4.78 is 5.57. The van der Waals surface area contributed by atoms with Gasteiger partial charge in [-0.15, -0.1) is 0 Å². The molecular formula is C12H25NO. The molecule has 1 saturated heterocycles. The fourth-order valence-corrected chi connectivity index (χ4v) is 2.27. The minimum Gasteiger partial charge on any atom is -0.381 e. The first kappa shape index (κ1) is 12.0. The highest BCUT2D eigenvalue weighted by atomic mass is 16.5. The summed E-state index contributed by atoms with van der Waals surface area (Å²) >= 11 is 0. The Kier molecular flexibility index (Phi) is 4.90. The average Bonchev–Trinajstić information content (AvgIpc) is 2.67. The third-order valence-electron chi connectivity index (χ3n) is 3.70. The van der Waals surface area contributed by atoms with Crippen LogP contribution in [0.3, 0.4) is 0 Å². The lowest BCUT2D eigenvalue weighted by molar-refractivity contribution is 0.109.